The molecule has 0 N–H and O–H groups in total. The van der Waals surface area contributed by atoms with Crippen LogP contribution in [-0.4, -0.2) is 32.4 Å². The molecule has 0 saturated carbocycles. The van der Waals surface area contributed by atoms with Crippen molar-refractivity contribution in [1.29, 1.82) is 5.26 Å². The minimum absolute atomic E-state index is 0.147. The summed E-state index contributed by atoms with van der Waals surface area (Å²) in [6, 6.07) is 8.04. The van der Waals surface area contributed by atoms with E-state index in [1.54, 1.807) is 19.1 Å². The normalized spacial score (nSPS) is 11.2. The van der Waals surface area contributed by atoms with Crippen LogP contribution in [-0.2, 0) is 10.0 Å². The highest BCUT2D eigenvalue weighted by Crippen LogP contribution is 2.19. The van der Waals surface area contributed by atoms with Gasteiger partial charge >= 0.3 is 0 Å². The van der Waals surface area contributed by atoms with Gasteiger partial charge in [0.25, 0.3) is 0 Å². The molecule has 0 atom stereocenters. The van der Waals surface area contributed by atoms with Crippen LogP contribution in [0.2, 0.25) is 0 Å². The van der Waals surface area contributed by atoms with Gasteiger partial charge in [0.15, 0.2) is 0 Å². The zero-order valence-electron chi connectivity index (χ0n) is 10.5. The lowest BCUT2D eigenvalue weighted by molar-refractivity contribution is 0.340. The fraction of sp³-hybridized carbons (Fsp3) is 0.417. The average Bonchev–Trinajstić information content (AvgIpc) is 2.36. The van der Waals surface area contributed by atoms with E-state index in [1.807, 2.05) is 13.0 Å². The Morgan fingerprint density at radius 3 is 2.33 bits per heavy atom. The molecule has 0 radical (unpaired) electrons. The molecule has 0 aliphatic rings. The van der Waals surface area contributed by atoms with Crippen molar-refractivity contribution in [2.45, 2.75) is 18.7 Å². The number of rotatable bonds is 6. The first-order valence-electron chi connectivity index (χ1n) is 5.66. The van der Waals surface area contributed by atoms with Crippen molar-refractivity contribution < 1.29 is 13.2 Å². The van der Waals surface area contributed by atoms with E-state index in [-0.39, 0.29) is 18.0 Å². The van der Waals surface area contributed by atoms with Gasteiger partial charge in [-0.05, 0) is 31.2 Å². The van der Waals surface area contributed by atoms with Gasteiger partial charge in [-0.25, -0.2) is 8.42 Å². The molecule has 0 amide bonds. The van der Waals surface area contributed by atoms with E-state index in [0.717, 1.165) is 4.31 Å². The highest BCUT2D eigenvalue weighted by atomic mass is 32.2. The molecular formula is C12H16N2O3S. The van der Waals surface area contributed by atoms with Gasteiger partial charge in [-0.15, -0.1) is 0 Å². The highest BCUT2D eigenvalue weighted by molar-refractivity contribution is 7.89. The Bertz CT molecular complexity index is 517. The minimum atomic E-state index is -3.59. The summed E-state index contributed by atoms with van der Waals surface area (Å²) in [7, 11) is -3.59. The first-order valence-corrected chi connectivity index (χ1v) is 7.10. The molecule has 0 heterocycles. The molecule has 5 nitrogen and oxygen atoms in total. The molecule has 1 aromatic rings. The molecule has 1 aromatic carbocycles. The lowest BCUT2D eigenvalue weighted by Gasteiger charge is -2.17. The molecule has 0 aliphatic carbocycles. The van der Waals surface area contributed by atoms with Gasteiger partial charge in [-0.2, -0.15) is 9.57 Å². The van der Waals surface area contributed by atoms with Crippen LogP contribution in [0.1, 0.15) is 13.8 Å². The molecule has 1 rings (SSSR count). The Balaban J connectivity index is 3.01. The minimum Gasteiger partial charge on any atom is -0.494 e. The molecule has 0 bridgehead atoms. The highest BCUT2D eigenvalue weighted by Gasteiger charge is 2.22. The number of ether oxygens (including phenoxy) is 1. The molecule has 0 fully saturated rings. The maximum atomic E-state index is 12.2. The summed E-state index contributed by atoms with van der Waals surface area (Å²) in [4.78, 5) is 0.169. The zero-order valence-corrected chi connectivity index (χ0v) is 11.3. The van der Waals surface area contributed by atoms with Crippen molar-refractivity contribution in [3.05, 3.63) is 24.3 Å². The van der Waals surface area contributed by atoms with Gasteiger partial charge in [0, 0.05) is 6.54 Å². The number of nitrogens with zero attached hydrogens (tertiary/aromatic N) is 2. The Labute approximate surface area is 108 Å². The first-order chi connectivity index (χ1) is 8.56. The van der Waals surface area contributed by atoms with E-state index >= 15 is 0 Å². The number of benzene rings is 1. The van der Waals surface area contributed by atoms with Crippen LogP contribution in [0.4, 0.5) is 0 Å². The van der Waals surface area contributed by atoms with Crippen molar-refractivity contribution >= 4 is 10.0 Å². The first kappa shape index (κ1) is 14.5. The van der Waals surface area contributed by atoms with Crippen LogP contribution in [0.25, 0.3) is 0 Å². The predicted octanol–water partition coefficient (Wildman–Crippen LogP) is 1.62. The van der Waals surface area contributed by atoms with Crippen LogP contribution < -0.4 is 4.74 Å². The number of sulfonamides is 1. The second kappa shape index (κ2) is 6.38. The van der Waals surface area contributed by atoms with Gasteiger partial charge in [0.05, 0.1) is 17.6 Å². The lowest BCUT2D eigenvalue weighted by atomic mass is 10.3. The van der Waals surface area contributed by atoms with Gasteiger partial charge in [0.2, 0.25) is 10.0 Å². The van der Waals surface area contributed by atoms with Crippen LogP contribution in [0.5, 0.6) is 5.75 Å². The standard InChI is InChI=1S/C12H16N2O3S/c1-3-14(10-9-13)18(15,16)12-7-5-11(6-8-12)17-4-2/h5-8H,3-4,10H2,1-2H3. The fourth-order valence-corrected chi connectivity index (χ4v) is 2.81. The fourth-order valence-electron chi connectivity index (χ4n) is 1.47. The maximum absolute atomic E-state index is 12.2. The third-order valence-corrected chi connectivity index (χ3v) is 4.31. The SMILES string of the molecule is CCOc1ccc(S(=O)(=O)N(CC)CC#N)cc1. The topological polar surface area (TPSA) is 70.4 Å². The Kier molecular flexibility index (Phi) is 5.13. The Morgan fingerprint density at radius 1 is 1.28 bits per heavy atom. The van der Waals surface area contributed by atoms with E-state index in [1.165, 1.54) is 12.1 Å². The van der Waals surface area contributed by atoms with Crippen LogP contribution in [0.15, 0.2) is 29.2 Å². The number of nitriles is 1. The largest absolute Gasteiger partial charge is 0.494 e. The summed E-state index contributed by atoms with van der Waals surface area (Å²) >= 11 is 0. The summed E-state index contributed by atoms with van der Waals surface area (Å²) in [6.45, 7) is 4.20. The Morgan fingerprint density at radius 2 is 1.89 bits per heavy atom. The molecule has 18 heavy (non-hydrogen) atoms. The maximum Gasteiger partial charge on any atom is 0.244 e. The van der Waals surface area contributed by atoms with E-state index in [0.29, 0.717) is 12.4 Å². The van der Waals surface area contributed by atoms with E-state index < -0.39 is 10.0 Å². The van der Waals surface area contributed by atoms with Crippen LogP contribution in [0.3, 0.4) is 0 Å². The molecule has 0 spiro atoms. The molecule has 6 heteroatoms. The van der Waals surface area contributed by atoms with Crippen molar-refractivity contribution in [2.75, 3.05) is 19.7 Å². The van der Waals surface area contributed by atoms with Crippen molar-refractivity contribution in [3.8, 4) is 11.8 Å². The molecule has 0 aromatic heterocycles. The van der Waals surface area contributed by atoms with Crippen molar-refractivity contribution in [2.24, 2.45) is 0 Å². The van der Waals surface area contributed by atoms with Crippen LogP contribution >= 0.6 is 0 Å². The summed E-state index contributed by atoms with van der Waals surface area (Å²) in [5.74, 6) is 0.625. The molecule has 0 unspecified atom stereocenters. The van der Waals surface area contributed by atoms with E-state index in [4.69, 9.17) is 10.00 Å². The van der Waals surface area contributed by atoms with E-state index in [2.05, 4.69) is 0 Å². The summed E-state index contributed by atoms with van der Waals surface area (Å²) < 4.78 is 30.7. The molecule has 98 valence electrons. The molecular weight excluding hydrogens is 252 g/mol. The number of hydrogen-bond donors (Lipinski definition) is 0. The number of hydrogen-bond acceptors (Lipinski definition) is 4. The second-order valence-electron chi connectivity index (χ2n) is 3.49. The zero-order chi connectivity index (χ0) is 13.6. The van der Waals surface area contributed by atoms with E-state index in [9.17, 15) is 8.42 Å². The average molecular weight is 268 g/mol. The van der Waals surface area contributed by atoms with Gasteiger partial charge in [0.1, 0.15) is 12.3 Å². The van der Waals surface area contributed by atoms with Crippen molar-refractivity contribution in [3.63, 3.8) is 0 Å². The van der Waals surface area contributed by atoms with Crippen LogP contribution in [0, 0.1) is 11.3 Å². The van der Waals surface area contributed by atoms with Gasteiger partial charge in [-0.1, -0.05) is 6.92 Å². The lowest BCUT2D eigenvalue weighted by Crippen LogP contribution is -2.31. The quantitative estimate of drug-likeness (QED) is 0.735. The monoisotopic (exact) mass is 268 g/mol. The molecule has 0 saturated heterocycles. The second-order valence-corrected chi connectivity index (χ2v) is 5.43. The van der Waals surface area contributed by atoms with Gasteiger partial charge in [-0.3, -0.25) is 0 Å². The smallest absolute Gasteiger partial charge is 0.244 e. The third-order valence-electron chi connectivity index (χ3n) is 2.37. The summed E-state index contributed by atoms with van der Waals surface area (Å²) in [5, 5.41) is 8.62. The van der Waals surface area contributed by atoms with Crippen molar-refractivity contribution in [1.82, 2.24) is 4.31 Å². The third kappa shape index (κ3) is 3.22. The summed E-state index contributed by atoms with van der Waals surface area (Å²) in [5.41, 5.74) is 0. The Hall–Kier alpha value is -1.58. The molecule has 0 aliphatic heterocycles. The predicted molar refractivity (Wildman–Crippen MR) is 67.7 cm³/mol. The van der Waals surface area contributed by atoms with Gasteiger partial charge < -0.3 is 4.74 Å². The summed E-state index contributed by atoms with van der Waals surface area (Å²) in [6.07, 6.45) is 0.